The highest BCUT2D eigenvalue weighted by molar-refractivity contribution is 7.70. The van der Waals surface area contributed by atoms with Crippen molar-refractivity contribution in [2.75, 3.05) is 25.2 Å². The highest BCUT2D eigenvalue weighted by Crippen LogP contribution is 2.41. The number of aromatic nitrogens is 3. The van der Waals surface area contributed by atoms with Gasteiger partial charge in [0.2, 0.25) is 5.95 Å². The van der Waals surface area contributed by atoms with Crippen molar-refractivity contribution in [2.24, 2.45) is 0 Å². The van der Waals surface area contributed by atoms with E-state index < -0.39 is 7.14 Å². The normalized spacial score (nSPS) is 18.1. The van der Waals surface area contributed by atoms with E-state index in [-0.39, 0.29) is 11.6 Å². The molecule has 4 aromatic rings. The molecule has 5 rings (SSSR count). The number of piperidine rings is 1. The fraction of sp³-hybridized carbons (Fsp3) is 0.346. The Morgan fingerprint density at radius 1 is 1.15 bits per heavy atom. The van der Waals surface area contributed by atoms with Crippen LogP contribution in [0.25, 0.3) is 33.1 Å². The molecular formula is C26H29N6OP. The van der Waals surface area contributed by atoms with Crippen molar-refractivity contribution < 1.29 is 4.57 Å². The number of H-pyrrole nitrogens is 1. The number of nitrogens with zero attached hydrogens (tertiary/aromatic N) is 3. The summed E-state index contributed by atoms with van der Waals surface area (Å²) in [6.07, 6.45) is 4.01. The zero-order chi connectivity index (χ0) is 24.1. The van der Waals surface area contributed by atoms with Gasteiger partial charge in [0.05, 0.1) is 33.7 Å². The first-order valence-corrected chi connectivity index (χ1v) is 14.1. The molecule has 3 N–H and O–H groups in total. The van der Waals surface area contributed by atoms with E-state index in [0.29, 0.717) is 16.8 Å². The largest absolute Gasteiger partial charge is 0.360 e. The predicted molar refractivity (Wildman–Crippen MR) is 139 cm³/mol. The van der Waals surface area contributed by atoms with E-state index in [2.05, 4.69) is 35.5 Å². The van der Waals surface area contributed by atoms with Crippen molar-refractivity contribution >= 4 is 40.2 Å². The van der Waals surface area contributed by atoms with E-state index in [9.17, 15) is 9.83 Å². The van der Waals surface area contributed by atoms with Gasteiger partial charge in [-0.15, -0.1) is 0 Å². The van der Waals surface area contributed by atoms with Gasteiger partial charge in [-0.25, -0.2) is 9.97 Å². The number of anilines is 1. The number of aromatic amines is 1. The smallest absolute Gasteiger partial charge is 0.224 e. The van der Waals surface area contributed by atoms with Crippen LogP contribution in [0.3, 0.4) is 0 Å². The minimum atomic E-state index is -2.69. The third kappa shape index (κ3) is 4.09. The zero-order valence-electron chi connectivity index (χ0n) is 19.9. The maximum Gasteiger partial charge on any atom is 0.224 e. The van der Waals surface area contributed by atoms with E-state index in [1.165, 1.54) is 0 Å². The molecule has 174 valence electrons. The average molecular weight is 473 g/mol. The quantitative estimate of drug-likeness (QED) is 0.367. The van der Waals surface area contributed by atoms with Crippen LogP contribution in [0, 0.1) is 11.3 Å². The molecular weight excluding hydrogens is 443 g/mol. The summed E-state index contributed by atoms with van der Waals surface area (Å²) in [5.41, 5.74) is 3.89. The summed E-state index contributed by atoms with van der Waals surface area (Å²) in [5, 5.41) is 19.2. The molecule has 7 nitrogen and oxygen atoms in total. The van der Waals surface area contributed by atoms with Crippen molar-refractivity contribution in [2.45, 2.75) is 38.3 Å². The lowest BCUT2D eigenvalue weighted by Gasteiger charge is -2.36. The molecule has 0 aliphatic carbocycles. The van der Waals surface area contributed by atoms with Gasteiger partial charge >= 0.3 is 0 Å². The van der Waals surface area contributed by atoms with E-state index in [0.717, 1.165) is 52.4 Å². The lowest BCUT2D eigenvalue weighted by molar-refractivity contribution is 0.289. The number of benzene rings is 2. The van der Waals surface area contributed by atoms with Gasteiger partial charge in [0.15, 0.2) is 0 Å². The van der Waals surface area contributed by atoms with Crippen LogP contribution in [0.4, 0.5) is 5.95 Å². The standard InChI is InChI=1S/C26H29N6OP/c1-26(2)12-11-17(14-29-26)30-25-31-21-8-6-5-7-19(21)22(32-25)20-15-28-23-18(20)10-9-16(13-27)24(23)34(3,4)33/h5-10,15,17,28-29H,11-12,14H2,1-4H3,(H,30,31,32)/t17-/m0/s1. The van der Waals surface area contributed by atoms with E-state index >= 15 is 0 Å². The Morgan fingerprint density at radius 3 is 2.65 bits per heavy atom. The molecule has 0 spiro atoms. The van der Waals surface area contributed by atoms with Gasteiger partial charge < -0.3 is 20.2 Å². The number of nitriles is 1. The Kier molecular flexibility index (Phi) is 5.47. The predicted octanol–water partition coefficient (Wildman–Crippen LogP) is 4.84. The summed E-state index contributed by atoms with van der Waals surface area (Å²) in [6.45, 7) is 8.70. The lowest BCUT2D eigenvalue weighted by Crippen LogP contribution is -2.50. The molecule has 2 aromatic carbocycles. The third-order valence-electron chi connectivity index (χ3n) is 6.62. The first kappa shape index (κ1) is 22.6. The topological polar surface area (TPSA) is 106 Å². The van der Waals surface area contributed by atoms with Crippen LogP contribution in [0.2, 0.25) is 0 Å². The number of para-hydroxylation sites is 1. The second-order valence-corrected chi connectivity index (χ2v) is 13.3. The zero-order valence-corrected chi connectivity index (χ0v) is 20.8. The minimum absolute atomic E-state index is 0.148. The highest BCUT2D eigenvalue weighted by Gasteiger charge is 2.27. The van der Waals surface area contributed by atoms with E-state index in [4.69, 9.17) is 9.97 Å². The van der Waals surface area contributed by atoms with Gasteiger partial charge in [-0.1, -0.05) is 24.3 Å². The van der Waals surface area contributed by atoms with Gasteiger partial charge in [0, 0.05) is 40.7 Å². The summed E-state index contributed by atoms with van der Waals surface area (Å²) in [4.78, 5) is 13.0. The average Bonchev–Trinajstić information content (AvgIpc) is 3.22. The molecule has 8 heteroatoms. The first-order chi connectivity index (χ1) is 16.2. The van der Waals surface area contributed by atoms with Crippen LogP contribution in [0.15, 0.2) is 42.6 Å². The fourth-order valence-corrected chi connectivity index (χ4v) is 6.23. The highest BCUT2D eigenvalue weighted by atomic mass is 31.2. The van der Waals surface area contributed by atoms with Crippen molar-refractivity contribution in [3.8, 4) is 17.3 Å². The molecule has 0 radical (unpaired) electrons. The molecule has 0 amide bonds. The van der Waals surface area contributed by atoms with Gasteiger partial charge in [-0.2, -0.15) is 5.26 Å². The molecule has 1 aliphatic heterocycles. The van der Waals surface area contributed by atoms with Crippen LogP contribution < -0.4 is 15.9 Å². The second-order valence-electron chi connectivity index (χ2n) is 10.1. The summed E-state index contributed by atoms with van der Waals surface area (Å²) >= 11 is 0. The molecule has 1 atom stereocenters. The number of nitrogens with one attached hydrogen (secondary N) is 3. The monoisotopic (exact) mass is 472 g/mol. The number of hydrogen-bond acceptors (Lipinski definition) is 6. The van der Waals surface area contributed by atoms with Gasteiger partial charge in [0.1, 0.15) is 7.14 Å². The molecule has 0 bridgehead atoms. The molecule has 2 aromatic heterocycles. The van der Waals surface area contributed by atoms with Crippen molar-refractivity contribution in [3.63, 3.8) is 0 Å². The van der Waals surface area contributed by atoms with Crippen LogP contribution in [0.1, 0.15) is 32.3 Å². The maximum atomic E-state index is 13.1. The molecule has 0 unspecified atom stereocenters. The fourth-order valence-electron chi connectivity index (χ4n) is 4.81. The van der Waals surface area contributed by atoms with E-state index in [1.807, 2.05) is 36.5 Å². The summed E-state index contributed by atoms with van der Waals surface area (Å²) in [6, 6.07) is 14.1. The Hall–Kier alpha value is -3.20. The summed E-state index contributed by atoms with van der Waals surface area (Å²) in [5.74, 6) is 0.597. The number of rotatable bonds is 4. The third-order valence-corrected chi connectivity index (χ3v) is 8.17. The Bertz CT molecular complexity index is 1480. The molecule has 3 heterocycles. The van der Waals surface area contributed by atoms with Crippen LogP contribution in [-0.4, -0.2) is 46.4 Å². The van der Waals surface area contributed by atoms with E-state index in [1.54, 1.807) is 19.4 Å². The summed E-state index contributed by atoms with van der Waals surface area (Å²) in [7, 11) is -2.69. The number of hydrogen-bond donors (Lipinski definition) is 3. The second kappa shape index (κ2) is 8.23. The first-order valence-electron chi connectivity index (χ1n) is 11.5. The van der Waals surface area contributed by atoms with Crippen molar-refractivity contribution in [3.05, 3.63) is 48.2 Å². The molecule has 1 aliphatic rings. The lowest BCUT2D eigenvalue weighted by atomic mass is 9.91. The molecule has 1 fully saturated rings. The van der Waals surface area contributed by atoms with Gasteiger partial charge in [-0.05, 0) is 52.2 Å². The van der Waals surface area contributed by atoms with Crippen LogP contribution in [0.5, 0.6) is 0 Å². The molecule has 1 saturated heterocycles. The SMILES string of the molecule is CC1(C)CC[C@H](Nc2nc(-c3c[nH]c4c(P(C)(C)=O)c(C#N)ccc34)c3ccccc3n2)CN1. The maximum absolute atomic E-state index is 13.1. The molecule has 34 heavy (non-hydrogen) atoms. The van der Waals surface area contributed by atoms with Crippen molar-refractivity contribution in [1.82, 2.24) is 20.3 Å². The van der Waals surface area contributed by atoms with Crippen LogP contribution in [-0.2, 0) is 4.57 Å². The summed E-state index contributed by atoms with van der Waals surface area (Å²) < 4.78 is 13.1. The van der Waals surface area contributed by atoms with Crippen molar-refractivity contribution in [1.29, 1.82) is 5.26 Å². The Labute approximate surface area is 199 Å². The Balaban J connectivity index is 1.64. The Morgan fingerprint density at radius 2 is 1.94 bits per heavy atom. The minimum Gasteiger partial charge on any atom is -0.360 e. The molecule has 0 saturated carbocycles. The van der Waals surface area contributed by atoms with Crippen LogP contribution >= 0.6 is 7.14 Å². The number of fused-ring (bicyclic) bond motifs is 2. The van der Waals surface area contributed by atoms with Gasteiger partial charge in [0.25, 0.3) is 0 Å². The van der Waals surface area contributed by atoms with Gasteiger partial charge in [-0.3, -0.25) is 0 Å².